The highest BCUT2D eigenvalue weighted by atomic mass is 19.3. The van der Waals surface area contributed by atoms with Crippen LogP contribution in [-0.4, -0.2) is 43.6 Å². The molecule has 314 valence electrons. The molecular weight excluding hydrogens is 769 g/mol. The SMILES string of the molecule is CC(C)[C@H](NC(=O)C1CCC(F)(F)CC1)c1ncc(-c2ccc3cc(-c4ccc5cc(-c6cnc([C@@H](NC(=O)C7CCC(F)(F)CC7)C(C)C)[nH]6)ccc5c4)ccc3c2)[nH]1. The van der Waals surface area contributed by atoms with E-state index in [0.29, 0.717) is 11.6 Å². The molecule has 2 aromatic heterocycles. The van der Waals surface area contributed by atoms with E-state index >= 15 is 0 Å². The molecule has 2 atom stereocenters. The fourth-order valence-electron chi connectivity index (χ4n) is 8.72. The average molecular weight is 821 g/mol. The number of hydrogen-bond donors (Lipinski definition) is 4. The standard InChI is InChI=1S/C48H52F4N6O2/c1-27(2)41(57-45(59)29-13-17-47(49,50)18-14-29)43-53-25-39(55-43)37-11-9-33-21-31(5-7-35(33)23-37)32-6-8-36-24-38(12-10-34(36)22-32)40-26-54-44(56-40)42(28(3)4)58-46(60)30-15-19-48(51,52)20-16-30/h5-12,21-30,41-42H,13-20H2,1-4H3,(H,53,55)(H,54,56)(H,57,59)(H,58,60)/t41-,42-/m0/s1. The van der Waals surface area contributed by atoms with Gasteiger partial charge >= 0.3 is 0 Å². The van der Waals surface area contributed by atoms with Crippen molar-refractivity contribution < 1.29 is 27.2 Å². The van der Waals surface area contributed by atoms with Gasteiger partial charge < -0.3 is 20.6 Å². The van der Waals surface area contributed by atoms with Gasteiger partial charge in [-0.25, -0.2) is 27.5 Å². The van der Waals surface area contributed by atoms with Gasteiger partial charge in [0.05, 0.1) is 35.9 Å². The zero-order valence-electron chi connectivity index (χ0n) is 34.4. The van der Waals surface area contributed by atoms with Gasteiger partial charge in [0, 0.05) is 48.6 Å². The molecule has 0 spiro atoms. The van der Waals surface area contributed by atoms with Crippen LogP contribution in [-0.2, 0) is 9.59 Å². The molecular formula is C48H52F4N6O2. The van der Waals surface area contributed by atoms with Crippen LogP contribution in [0.1, 0.15) is 103 Å². The number of aromatic amines is 2. The third-order valence-electron chi connectivity index (χ3n) is 12.5. The van der Waals surface area contributed by atoms with Crippen molar-refractivity contribution in [3.8, 4) is 33.6 Å². The van der Waals surface area contributed by atoms with Crippen molar-refractivity contribution in [3.05, 3.63) is 96.8 Å². The lowest BCUT2D eigenvalue weighted by Gasteiger charge is -2.29. The van der Waals surface area contributed by atoms with Crippen LogP contribution in [0.15, 0.2) is 85.2 Å². The molecule has 4 N–H and O–H groups in total. The van der Waals surface area contributed by atoms with Crippen LogP contribution in [0, 0.1) is 23.7 Å². The van der Waals surface area contributed by atoms with E-state index in [9.17, 15) is 27.2 Å². The second kappa shape index (κ2) is 16.5. The van der Waals surface area contributed by atoms with E-state index in [1.807, 2.05) is 27.7 Å². The van der Waals surface area contributed by atoms with Crippen molar-refractivity contribution in [2.75, 3.05) is 0 Å². The van der Waals surface area contributed by atoms with Gasteiger partial charge in [0.25, 0.3) is 0 Å². The number of H-pyrrole nitrogens is 2. The largest absolute Gasteiger partial charge is 0.346 e. The molecule has 2 heterocycles. The first-order valence-corrected chi connectivity index (χ1v) is 21.2. The number of rotatable bonds is 11. The van der Waals surface area contributed by atoms with Crippen molar-refractivity contribution in [1.29, 1.82) is 0 Å². The van der Waals surface area contributed by atoms with Crippen molar-refractivity contribution in [3.63, 3.8) is 0 Å². The maximum atomic E-state index is 13.7. The minimum absolute atomic E-state index is 0.0383. The first-order chi connectivity index (χ1) is 28.6. The summed E-state index contributed by atoms with van der Waals surface area (Å²) in [6.45, 7) is 8.01. The number of amides is 2. The number of nitrogens with one attached hydrogen (secondary N) is 4. The van der Waals surface area contributed by atoms with Crippen LogP contribution < -0.4 is 10.6 Å². The zero-order chi connectivity index (χ0) is 42.3. The molecule has 0 saturated heterocycles. The molecule has 0 radical (unpaired) electrons. The van der Waals surface area contributed by atoms with Gasteiger partial charge in [-0.3, -0.25) is 9.59 Å². The molecule has 0 aliphatic heterocycles. The third-order valence-corrected chi connectivity index (χ3v) is 12.5. The Bertz CT molecular complexity index is 2330. The normalized spacial score (nSPS) is 18.2. The number of fused-ring (bicyclic) bond motifs is 2. The van der Waals surface area contributed by atoms with Crippen molar-refractivity contribution >= 4 is 33.4 Å². The highest BCUT2D eigenvalue weighted by Gasteiger charge is 2.39. The Hall–Kier alpha value is -5.52. The fraction of sp³-hybridized carbons (Fsp3) is 0.417. The topological polar surface area (TPSA) is 116 Å². The summed E-state index contributed by atoms with van der Waals surface area (Å²) in [4.78, 5) is 42.2. The van der Waals surface area contributed by atoms with Gasteiger partial charge in [-0.05, 0) is 94.5 Å². The first kappa shape index (κ1) is 41.2. The third kappa shape index (κ3) is 8.98. The molecule has 6 aromatic rings. The average Bonchev–Trinajstić information content (AvgIpc) is 3.92. The maximum Gasteiger partial charge on any atom is 0.248 e. The van der Waals surface area contributed by atoms with Crippen molar-refractivity contribution in [1.82, 2.24) is 30.6 Å². The molecule has 8 nitrogen and oxygen atoms in total. The lowest BCUT2D eigenvalue weighted by Crippen LogP contribution is -2.39. The number of alkyl halides is 4. The van der Waals surface area contributed by atoms with Crippen LogP contribution in [0.2, 0.25) is 0 Å². The van der Waals surface area contributed by atoms with Gasteiger partial charge in [0.2, 0.25) is 23.7 Å². The number of nitrogens with zero attached hydrogens (tertiary/aromatic N) is 2. The monoisotopic (exact) mass is 820 g/mol. The molecule has 4 aromatic carbocycles. The molecule has 2 saturated carbocycles. The molecule has 2 fully saturated rings. The molecule has 2 aliphatic carbocycles. The number of imidazole rings is 2. The lowest BCUT2D eigenvalue weighted by molar-refractivity contribution is -0.131. The Kier molecular flexibility index (Phi) is 11.3. The van der Waals surface area contributed by atoms with Gasteiger partial charge in [0.1, 0.15) is 11.6 Å². The van der Waals surface area contributed by atoms with Gasteiger partial charge in [-0.15, -0.1) is 0 Å². The van der Waals surface area contributed by atoms with Crippen LogP contribution >= 0.6 is 0 Å². The highest BCUT2D eigenvalue weighted by Crippen LogP contribution is 2.39. The van der Waals surface area contributed by atoms with Crippen LogP contribution in [0.5, 0.6) is 0 Å². The van der Waals surface area contributed by atoms with Crippen LogP contribution in [0.3, 0.4) is 0 Å². The fourth-order valence-corrected chi connectivity index (χ4v) is 8.72. The van der Waals surface area contributed by atoms with E-state index in [4.69, 9.17) is 0 Å². The summed E-state index contributed by atoms with van der Waals surface area (Å²) in [7, 11) is 0. The molecule has 0 bridgehead atoms. The molecule has 60 heavy (non-hydrogen) atoms. The molecule has 0 unspecified atom stereocenters. The van der Waals surface area contributed by atoms with Crippen LogP contribution in [0.25, 0.3) is 55.2 Å². The van der Waals surface area contributed by atoms with Gasteiger partial charge in [-0.2, -0.15) is 0 Å². The minimum atomic E-state index is -2.68. The lowest BCUT2D eigenvalue weighted by atomic mass is 9.86. The van der Waals surface area contributed by atoms with E-state index in [0.717, 1.165) is 55.2 Å². The minimum Gasteiger partial charge on any atom is -0.346 e. The number of carbonyl (C=O) groups is 2. The van der Waals surface area contributed by atoms with E-state index in [-0.39, 0.29) is 87.1 Å². The van der Waals surface area contributed by atoms with Gasteiger partial charge in [0.15, 0.2) is 0 Å². The number of aromatic nitrogens is 4. The maximum absolute atomic E-state index is 13.7. The second-order valence-corrected chi connectivity index (χ2v) is 17.6. The summed E-state index contributed by atoms with van der Waals surface area (Å²) in [5.74, 6) is -5.24. The van der Waals surface area contributed by atoms with E-state index < -0.39 is 23.7 Å². The van der Waals surface area contributed by atoms with E-state index in [2.05, 4.69) is 103 Å². The Balaban J connectivity index is 0.941. The summed E-state index contributed by atoms with van der Waals surface area (Å²) in [6, 6.07) is 24.6. The first-order valence-electron chi connectivity index (χ1n) is 21.2. The smallest absolute Gasteiger partial charge is 0.248 e. The molecule has 8 rings (SSSR count). The van der Waals surface area contributed by atoms with Crippen LogP contribution in [0.4, 0.5) is 17.6 Å². The van der Waals surface area contributed by atoms with E-state index in [1.165, 1.54) is 0 Å². The summed E-state index contributed by atoms with van der Waals surface area (Å²) >= 11 is 0. The second-order valence-electron chi connectivity index (χ2n) is 17.6. The predicted octanol–water partition coefficient (Wildman–Crippen LogP) is 11.7. The summed E-state index contributed by atoms with van der Waals surface area (Å²) < 4.78 is 54.8. The van der Waals surface area contributed by atoms with E-state index in [1.54, 1.807) is 12.4 Å². The highest BCUT2D eigenvalue weighted by molar-refractivity contribution is 5.94. The Labute approximate surface area is 347 Å². The molecule has 2 amide bonds. The number of halogens is 4. The summed E-state index contributed by atoms with van der Waals surface area (Å²) in [5, 5.41) is 10.5. The van der Waals surface area contributed by atoms with Crippen molar-refractivity contribution in [2.45, 2.75) is 103 Å². The number of carbonyl (C=O) groups excluding carboxylic acids is 2. The summed E-state index contributed by atoms with van der Waals surface area (Å²) in [6.07, 6.45) is 3.27. The van der Waals surface area contributed by atoms with Gasteiger partial charge in [-0.1, -0.05) is 76.2 Å². The number of benzene rings is 4. The number of hydrogen-bond acceptors (Lipinski definition) is 4. The predicted molar refractivity (Wildman–Crippen MR) is 227 cm³/mol. The molecule has 2 aliphatic rings. The summed E-state index contributed by atoms with van der Waals surface area (Å²) in [5.41, 5.74) is 5.75. The molecule has 12 heteroatoms. The Morgan fingerprint density at radius 2 is 0.867 bits per heavy atom. The Morgan fingerprint density at radius 1 is 0.550 bits per heavy atom. The van der Waals surface area contributed by atoms with Crippen molar-refractivity contribution in [2.24, 2.45) is 23.7 Å². The zero-order valence-corrected chi connectivity index (χ0v) is 34.4. The Morgan fingerprint density at radius 3 is 1.20 bits per heavy atom. The quantitative estimate of drug-likeness (QED) is 0.0974.